The van der Waals surface area contributed by atoms with Crippen molar-refractivity contribution in [2.45, 2.75) is 10.6 Å². The van der Waals surface area contributed by atoms with Gasteiger partial charge in [0, 0.05) is 21.2 Å². The number of oxime groups is 1. The van der Waals surface area contributed by atoms with Crippen molar-refractivity contribution in [3.8, 4) is 0 Å². The van der Waals surface area contributed by atoms with Gasteiger partial charge in [-0.05, 0) is 35.9 Å². The summed E-state index contributed by atoms with van der Waals surface area (Å²) >= 11 is 13.5. The second kappa shape index (κ2) is 7.02. The molecular formula is C14H11Cl2FN2OS. The third kappa shape index (κ3) is 4.03. The van der Waals surface area contributed by atoms with E-state index >= 15 is 0 Å². The van der Waals surface area contributed by atoms with Crippen LogP contribution in [0.15, 0.2) is 46.4 Å². The van der Waals surface area contributed by atoms with E-state index in [4.69, 9.17) is 34.1 Å². The van der Waals surface area contributed by atoms with Gasteiger partial charge in [0.05, 0.1) is 5.02 Å². The van der Waals surface area contributed by atoms with Crippen LogP contribution >= 0.6 is 35.0 Å². The molecule has 0 atom stereocenters. The SMILES string of the molecule is NC(=NO)c1cc(F)ccc1CSc1cc(Cl)ccc1Cl. The van der Waals surface area contributed by atoms with Crippen molar-refractivity contribution in [1.82, 2.24) is 0 Å². The molecule has 0 aliphatic rings. The summed E-state index contributed by atoms with van der Waals surface area (Å²) in [5.74, 6) is -0.111. The van der Waals surface area contributed by atoms with Gasteiger partial charge in [0.1, 0.15) is 5.82 Å². The van der Waals surface area contributed by atoms with Crippen LogP contribution in [0.3, 0.4) is 0 Å². The number of benzene rings is 2. The Bertz CT molecular complexity index is 695. The van der Waals surface area contributed by atoms with Gasteiger partial charge in [-0.3, -0.25) is 0 Å². The van der Waals surface area contributed by atoms with E-state index in [1.54, 1.807) is 24.3 Å². The summed E-state index contributed by atoms with van der Waals surface area (Å²) in [5.41, 5.74) is 6.64. The van der Waals surface area contributed by atoms with Gasteiger partial charge in [0.2, 0.25) is 0 Å². The van der Waals surface area contributed by atoms with Crippen molar-refractivity contribution in [1.29, 1.82) is 0 Å². The lowest BCUT2D eigenvalue weighted by Gasteiger charge is -2.09. The number of hydrogen-bond acceptors (Lipinski definition) is 3. The summed E-state index contributed by atoms with van der Waals surface area (Å²) < 4.78 is 13.3. The zero-order valence-electron chi connectivity index (χ0n) is 10.7. The molecule has 0 aliphatic carbocycles. The average molecular weight is 345 g/mol. The molecule has 3 nitrogen and oxygen atoms in total. The van der Waals surface area contributed by atoms with Gasteiger partial charge in [-0.15, -0.1) is 11.8 Å². The zero-order valence-corrected chi connectivity index (χ0v) is 13.0. The predicted molar refractivity (Wildman–Crippen MR) is 84.9 cm³/mol. The van der Waals surface area contributed by atoms with Crippen LogP contribution in [-0.4, -0.2) is 11.0 Å². The number of amidine groups is 1. The molecular weight excluding hydrogens is 334 g/mol. The highest BCUT2D eigenvalue weighted by molar-refractivity contribution is 7.98. The summed E-state index contributed by atoms with van der Waals surface area (Å²) in [7, 11) is 0. The third-order valence-corrected chi connectivity index (χ3v) is 4.51. The maximum Gasteiger partial charge on any atom is 0.170 e. The molecule has 0 radical (unpaired) electrons. The van der Waals surface area contributed by atoms with Gasteiger partial charge in [-0.1, -0.05) is 34.4 Å². The standard InChI is InChI=1S/C14H11Cl2FN2OS/c15-9-2-4-12(16)13(5-9)21-7-8-1-3-10(17)6-11(8)14(18)19-20/h1-6,20H,7H2,(H2,18,19). The van der Waals surface area contributed by atoms with Gasteiger partial charge in [-0.25, -0.2) is 4.39 Å². The van der Waals surface area contributed by atoms with Crippen molar-refractivity contribution in [2.75, 3.05) is 0 Å². The van der Waals surface area contributed by atoms with E-state index in [9.17, 15) is 4.39 Å². The highest BCUT2D eigenvalue weighted by atomic mass is 35.5. The summed E-state index contributed by atoms with van der Waals surface area (Å²) in [5, 5.41) is 12.8. The fraction of sp³-hybridized carbons (Fsp3) is 0.0714. The predicted octanol–water partition coefficient (Wildman–Crippen LogP) is 4.52. The van der Waals surface area contributed by atoms with E-state index in [-0.39, 0.29) is 5.84 Å². The lowest BCUT2D eigenvalue weighted by Crippen LogP contribution is -2.15. The van der Waals surface area contributed by atoms with Crippen LogP contribution in [-0.2, 0) is 5.75 Å². The Hall–Kier alpha value is -1.43. The van der Waals surface area contributed by atoms with Crippen molar-refractivity contribution >= 4 is 40.8 Å². The Balaban J connectivity index is 2.26. The van der Waals surface area contributed by atoms with Gasteiger partial charge in [-0.2, -0.15) is 0 Å². The first kappa shape index (κ1) is 15.9. The number of nitrogens with zero attached hydrogens (tertiary/aromatic N) is 1. The van der Waals surface area contributed by atoms with Crippen LogP contribution in [0.25, 0.3) is 0 Å². The van der Waals surface area contributed by atoms with E-state index in [1.807, 2.05) is 0 Å². The zero-order chi connectivity index (χ0) is 15.4. The van der Waals surface area contributed by atoms with Crippen molar-refractivity contribution in [2.24, 2.45) is 10.9 Å². The summed E-state index contributed by atoms with van der Waals surface area (Å²) in [6.45, 7) is 0. The first-order valence-electron chi connectivity index (χ1n) is 5.85. The van der Waals surface area contributed by atoms with Crippen molar-refractivity contribution in [3.63, 3.8) is 0 Å². The molecule has 2 aromatic rings. The molecule has 21 heavy (non-hydrogen) atoms. The molecule has 0 aromatic heterocycles. The molecule has 0 saturated heterocycles. The minimum Gasteiger partial charge on any atom is -0.409 e. The first-order valence-corrected chi connectivity index (χ1v) is 7.59. The molecule has 0 bridgehead atoms. The fourth-order valence-electron chi connectivity index (χ4n) is 1.71. The molecule has 3 N–H and O–H groups in total. The molecule has 0 unspecified atom stereocenters. The molecule has 7 heteroatoms. The second-order valence-electron chi connectivity index (χ2n) is 4.15. The van der Waals surface area contributed by atoms with E-state index in [0.717, 1.165) is 10.5 Å². The number of nitrogens with two attached hydrogens (primary N) is 1. The summed E-state index contributed by atoms with van der Waals surface area (Å²) in [6, 6.07) is 9.30. The average Bonchev–Trinajstić information content (AvgIpc) is 2.48. The minimum absolute atomic E-state index is 0.137. The van der Waals surface area contributed by atoms with Crippen LogP contribution < -0.4 is 5.73 Å². The lowest BCUT2D eigenvalue weighted by molar-refractivity contribution is 0.318. The number of halogens is 3. The van der Waals surface area contributed by atoms with Crippen LogP contribution in [0.4, 0.5) is 4.39 Å². The molecule has 0 spiro atoms. The van der Waals surface area contributed by atoms with E-state index in [1.165, 1.54) is 23.9 Å². The van der Waals surface area contributed by atoms with Gasteiger partial charge >= 0.3 is 0 Å². The normalized spacial score (nSPS) is 11.7. The van der Waals surface area contributed by atoms with Gasteiger partial charge in [0.25, 0.3) is 0 Å². The van der Waals surface area contributed by atoms with Crippen LogP contribution in [0.2, 0.25) is 10.0 Å². The topological polar surface area (TPSA) is 58.6 Å². The Labute approximate surface area is 135 Å². The van der Waals surface area contributed by atoms with Crippen LogP contribution in [0.5, 0.6) is 0 Å². The Morgan fingerprint density at radius 1 is 1.24 bits per heavy atom. The summed E-state index contributed by atoms with van der Waals surface area (Å²) in [6.07, 6.45) is 0. The fourth-order valence-corrected chi connectivity index (χ4v) is 3.21. The minimum atomic E-state index is -0.453. The molecule has 2 rings (SSSR count). The molecule has 2 aromatic carbocycles. The number of thioether (sulfide) groups is 1. The van der Waals surface area contributed by atoms with Crippen molar-refractivity contribution < 1.29 is 9.60 Å². The second-order valence-corrected chi connectivity index (χ2v) is 6.01. The molecule has 110 valence electrons. The molecule has 0 saturated carbocycles. The molecule has 0 amide bonds. The lowest BCUT2D eigenvalue weighted by atomic mass is 10.1. The maximum atomic E-state index is 13.3. The van der Waals surface area contributed by atoms with Crippen molar-refractivity contribution in [3.05, 3.63) is 63.4 Å². The smallest absolute Gasteiger partial charge is 0.170 e. The monoisotopic (exact) mass is 344 g/mol. The highest BCUT2D eigenvalue weighted by Gasteiger charge is 2.10. The maximum absolute atomic E-state index is 13.3. The molecule has 0 heterocycles. The quantitative estimate of drug-likeness (QED) is 0.282. The highest BCUT2D eigenvalue weighted by Crippen LogP contribution is 2.32. The van der Waals surface area contributed by atoms with Gasteiger partial charge in [0.15, 0.2) is 5.84 Å². The Morgan fingerprint density at radius 3 is 2.71 bits per heavy atom. The largest absolute Gasteiger partial charge is 0.409 e. The number of rotatable bonds is 4. The summed E-state index contributed by atoms with van der Waals surface area (Å²) in [4.78, 5) is 0.805. The Morgan fingerprint density at radius 2 is 2.00 bits per heavy atom. The first-order chi connectivity index (χ1) is 10.0. The van der Waals surface area contributed by atoms with E-state index in [2.05, 4.69) is 5.16 Å². The van der Waals surface area contributed by atoms with E-state index < -0.39 is 5.82 Å². The van der Waals surface area contributed by atoms with Crippen LogP contribution in [0.1, 0.15) is 11.1 Å². The molecule has 0 aliphatic heterocycles. The Kier molecular flexibility index (Phi) is 5.33. The number of hydrogen-bond donors (Lipinski definition) is 2. The van der Waals surface area contributed by atoms with E-state index in [0.29, 0.717) is 21.4 Å². The van der Waals surface area contributed by atoms with Gasteiger partial charge < -0.3 is 10.9 Å². The molecule has 0 fully saturated rings. The third-order valence-electron chi connectivity index (χ3n) is 2.73. The van der Waals surface area contributed by atoms with Crippen LogP contribution in [0, 0.1) is 5.82 Å².